The molecule has 120 valence electrons. The monoisotopic (exact) mass is 341 g/mol. The fraction of sp³-hybridized carbons (Fsp3) is 0.214. The first-order chi connectivity index (χ1) is 10.9. The van der Waals surface area contributed by atoms with Gasteiger partial charge in [-0.3, -0.25) is 0 Å². The Kier molecular flexibility index (Phi) is 3.85. The zero-order chi connectivity index (χ0) is 16.7. The van der Waals surface area contributed by atoms with Crippen LogP contribution in [0.3, 0.4) is 0 Å². The standard InChI is InChI=1S/C14H11ClF3N5/c1-6(2)20-12-8(5-19-14-21-13(15)22-23(12)14)11-9(17)3-7(16)4-10(11)18/h3-6,20H,1-2H3. The van der Waals surface area contributed by atoms with Crippen molar-refractivity contribution in [3.05, 3.63) is 41.1 Å². The summed E-state index contributed by atoms with van der Waals surface area (Å²) in [6, 6.07) is 1.14. The van der Waals surface area contributed by atoms with E-state index in [2.05, 4.69) is 20.4 Å². The van der Waals surface area contributed by atoms with Crippen molar-refractivity contribution in [1.29, 1.82) is 0 Å². The Morgan fingerprint density at radius 2 is 1.83 bits per heavy atom. The molecule has 0 atom stereocenters. The normalized spacial score (nSPS) is 11.4. The summed E-state index contributed by atoms with van der Waals surface area (Å²) >= 11 is 5.76. The van der Waals surface area contributed by atoms with Crippen molar-refractivity contribution in [3.8, 4) is 11.1 Å². The lowest BCUT2D eigenvalue weighted by Gasteiger charge is -2.16. The minimum Gasteiger partial charge on any atom is -0.367 e. The number of anilines is 1. The van der Waals surface area contributed by atoms with Gasteiger partial charge in [-0.1, -0.05) is 0 Å². The van der Waals surface area contributed by atoms with Gasteiger partial charge in [0.05, 0.1) is 5.56 Å². The number of rotatable bonds is 3. The Bertz CT molecular complexity index is 870. The van der Waals surface area contributed by atoms with E-state index >= 15 is 0 Å². The average molecular weight is 342 g/mol. The Morgan fingerprint density at radius 1 is 1.17 bits per heavy atom. The molecule has 3 aromatic rings. The first-order valence-electron chi connectivity index (χ1n) is 6.69. The van der Waals surface area contributed by atoms with E-state index in [-0.39, 0.29) is 28.5 Å². The fourth-order valence-corrected chi connectivity index (χ4v) is 2.36. The fourth-order valence-electron chi connectivity index (χ4n) is 2.21. The van der Waals surface area contributed by atoms with Gasteiger partial charge < -0.3 is 5.32 Å². The van der Waals surface area contributed by atoms with Crippen LogP contribution in [0.25, 0.3) is 16.9 Å². The van der Waals surface area contributed by atoms with E-state index in [0.29, 0.717) is 12.1 Å². The summed E-state index contributed by atoms with van der Waals surface area (Å²) in [5.74, 6) is -2.65. The van der Waals surface area contributed by atoms with Crippen molar-refractivity contribution < 1.29 is 13.2 Å². The molecule has 23 heavy (non-hydrogen) atoms. The number of benzene rings is 1. The largest absolute Gasteiger partial charge is 0.367 e. The van der Waals surface area contributed by atoms with Gasteiger partial charge in [0.25, 0.3) is 5.78 Å². The van der Waals surface area contributed by atoms with Crippen LogP contribution in [0.4, 0.5) is 19.0 Å². The first kappa shape index (κ1) is 15.5. The molecule has 0 saturated carbocycles. The number of fused-ring (bicyclic) bond motifs is 1. The van der Waals surface area contributed by atoms with Crippen LogP contribution in [0.2, 0.25) is 5.28 Å². The molecule has 2 heterocycles. The van der Waals surface area contributed by atoms with Crippen LogP contribution in [0, 0.1) is 17.5 Å². The predicted octanol–water partition coefficient (Wildman–Crippen LogP) is 3.68. The Labute approximate surface area is 134 Å². The van der Waals surface area contributed by atoms with Crippen molar-refractivity contribution in [2.24, 2.45) is 0 Å². The zero-order valence-electron chi connectivity index (χ0n) is 12.1. The van der Waals surface area contributed by atoms with Gasteiger partial charge in [0, 0.05) is 29.9 Å². The highest BCUT2D eigenvalue weighted by molar-refractivity contribution is 6.28. The average Bonchev–Trinajstić information content (AvgIpc) is 2.80. The quantitative estimate of drug-likeness (QED) is 0.789. The molecule has 0 aliphatic rings. The van der Waals surface area contributed by atoms with E-state index in [4.69, 9.17) is 11.6 Å². The third-order valence-electron chi connectivity index (χ3n) is 3.04. The third kappa shape index (κ3) is 2.81. The molecule has 0 unspecified atom stereocenters. The molecule has 3 rings (SSSR count). The minimum absolute atomic E-state index is 0.0542. The molecule has 0 fully saturated rings. The van der Waals surface area contributed by atoms with Gasteiger partial charge in [0.15, 0.2) is 0 Å². The smallest absolute Gasteiger partial charge is 0.255 e. The molecular formula is C14H11ClF3N5. The maximum absolute atomic E-state index is 14.1. The van der Waals surface area contributed by atoms with Crippen LogP contribution in [-0.2, 0) is 0 Å². The number of nitrogens with one attached hydrogen (secondary N) is 1. The lowest BCUT2D eigenvalue weighted by molar-refractivity contribution is 0.548. The molecule has 2 aromatic heterocycles. The van der Waals surface area contributed by atoms with Crippen LogP contribution in [0.15, 0.2) is 18.3 Å². The summed E-state index contributed by atoms with van der Waals surface area (Å²) in [5, 5.41) is 6.93. The second kappa shape index (κ2) is 5.69. The lowest BCUT2D eigenvalue weighted by Crippen LogP contribution is -2.15. The van der Waals surface area contributed by atoms with Gasteiger partial charge in [-0.15, -0.1) is 5.10 Å². The summed E-state index contributed by atoms with van der Waals surface area (Å²) < 4.78 is 42.6. The van der Waals surface area contributed by atoms with Crippen molar-refractivity contribution >= 4 is 23.2 Å². The molecule has 1 aromatic carbocycles. The van der Waals surface area contributed by atoms with E-state index in [0.717, 1.165) is 0 Å². The molecule has 0 aliphatic carbocycles. The van der Waals surface area contributed by atoms with Crippen LogP contribution >= 0.6 is 11.6 Å². The predicted molar refractivity (Wildman–Crippen MR) is 79.9 cm³/mol. The highest BCUT2D eigenvalue weighted by Gasteiger charge is 2.21. The third-order valence-corrected chi connectivity index (χ3v) is 3.20. The summed E-state index contributed by atoms with van der Waals surface area (Å²) in [7, 11) is 0. The molecule has 5 nitrogen and oxygen atoms in total. The zero-order valence-corrected chi connectivity index (χ0v) is 12.9. The number of hydrogen-bond acceptors (Lipinski definition) is 4. The number of halogens is 4. The molecule has 0 amide bonds. The molecule has 0 aliphatic heterocycles. The van der Waals surface area contributed by atoms with Gasteiger partial charge >= 0.3 is 0 Å². The number of nitrogens with zero attached hydrogens (tertiary/aromatic N) is 4. The van der Waals surface area contributed by atoms with E-state index < -0.39 is 23.0 Å². The van der Waals surface area contributed by atoms with Gasteiger partial charge in [-0.2, -0.15) is 9.50 Å². The maximum Gasteiger partial charge on any atom is 0.255 e. The summed E-state index contributed by atoms with van der Waals surface area (Å²) in [5.41, 5.74) is -0.321. The first-order valence-corrected chi connectivity index (χ1v) is 7.07. The van der Waals surface area contributed by atoms with Gasteiger partial charge in [0.1, 0.15) is 23.3 Å². The van der Waals surface area contributed by atoms with Crippen LogP contribution < -0.4 is 5.32 Å². The van der Waals surface area contributed by atoms with Gasteiger partial charge in [-0.05, 0) is 25.4 Å². The van der Waals surface area contributed by atoms with Crippen molar-refractivity contribution in [2.45, 2.75) is 19.9 Å². The highest BCUT2D eigenvalue weighted by atomic mass is 35.5. The number of hydrogen-bond donors (Lipinski definition) is 1. The van der Waals surface area contributed by atoms with Crippen molar-refractivity contribution in [3.63, 3.8) is 0 Å². The van der Waals surface area contributed by atoms with Gasteiger partial charge in [-0.25, -0.2) is 18.2 Å². The Hall–Kier alpha value is -2.35. The second-order valence-corrected chi connectivity index (χ2v) is 5.49. The van der Waals surface area contributed by atoms with E-state index in [1.54, 1.807) is 0 Å². The molecule has 0 bridgehead atoms. The van der Waals surface area contributed by atoms with E-state index in [1.165, 1.54) is 10.7 Å². The Morgan fingerprint density at radius 3 is 2.43 bits per heavy atom. The Balaban J connectivity index is 2.33. The van der Waals surface area contributed by atoms with Crippen LogP contribution in [0.1, 0.15) is 13.8 Å². The molecular weight excluding hydrogens is 331 g/mol. The lowest BCUT2D eigenvalue weighted by atomic mass is 10.1. The molecule has 0 saturated heterocycles. The van der Waals surface area contributed by atoms with E-state index in [9.17, 15) is 13.2 Å². The summed E-state index contributed by atoms with van der Waals surface area (Å²) in [4.78, 5) is 7.88. The topological polar surface area (TPSA) is 55.1 Å². The SMILES string of the molecule is CC(C)Nc1c(-c2c(F)cc(F)cc2F)cnc2nc(Cl)nn12. The van der Waals surface area contributed by atoms with Crippen molar-refractivity contribution in [1.82, 2.24) is 19.6 Å². The molecule has 0 radical (unpaired) electrons. The van der Waals surface area contributed by atoms with Crippen LogP contribution in [-0.4, -0.2) is 25.6 Å². The summed E-state index contributed by atoms with van der Waals surface area (Å²) in [6.07, 6.45) is 1.24. The molecule has 9 heteroatoms. The van der Waals surface area contributed by atoms with Crippen LogP contribution in [0.5, 0.6) is 0 Å². The summed E-state index contributed by atoms with van der Waals surface area (Å²) in [6.45, 7) is 3.68. The maximum atomic E-state index is 14.1. The highest BCUT2D eigenvalue weighted by Crippen LogP contribution is 2.33. The number of aromatic nitrogens is 4. The van der Waals surface area contributed by atoms with E-state index in [1.807, 2.05) is 13.8 Å². The van der Waals surface area contributed by atoms with Gasteiger partial charge in [0.2, 0.25) is 5.28 Å². The second-order valence-electron chi connectivity index (χ2n) is 5.16. The minimum atomic E-state index is -1.04. The molecule has 0 spiro atoms. The van der Waals surface area contributed by atoms with Crippen molar-refractivity contribution in [2.75, 3.05) is 5.32 Å². The molecule has 1 N–H and O–H groups in total.